The van der Waals surface area contributed by atoms with E-state index in [0.29, 0.717) is 18.6 Å². The summed E-state index contributed by atoms with van der Waals surface area (Å²) in [6.07, 6.45) is 0.403. The zero-order valence-electron chi connectivity index (χ0n) is 18.3. The van der Waals surface area contributed by atoms with Crippen LogP contribution in [-0.4, -0.2) is 13.5 Å². The normalized spacial score (nSPS) is 9.68. The van der Waals surface area contributed by atoms with Crippen molar-refractivity contribution in [3.63, 3.8) is 0 Å². The lowest BCUT2D eigenvalue weighted by Gasteiger charge is -2.17. The van der Waals surface area contributed by atoms with Crippen molar-refractivity contribution in [3.8, 4) is 22.9 Å². The molecule has 3 aromatic rings. The molecule has 6 heteroatoms. The first-order valence-corrected chi connectivity index (χ1v) is 9.86. The van der Waals surface area contributed by atoms with E-state index in [1.807, 2.05) is 44.3 Å². The van der Waals surface area contributed by atoms with Gasteiger partial charge in [0.05, 0.1) is 11.6 Å². The molecule has 0 aliphatic heterocycles. The molecule has 0 atom stereocenters. The maximum absolute atomic E-state index is 9.40. The number of carbonyl (C=O) groups excluding carboxylic acids is 1. The fraction of sp³-hybridized carbons (Fsp3) is 0.200. The van der Waals surface area contributed by atoms with Crippen LogP contribution in [0.2, 0.25) is 0 Å². The molecule has 4 N–H and O–H groups in total. The SMILES string of the molecule is CNc1cccc(C)c1COc1cc(C)c(-c2ccccc2C#N)cc1C.NNC=O. The number of aryl methyl sites for hydroxylation is 3. The molecule has 0 unspecified atom stereocenters. The quantitative estimate of drug-likeness (QED) is 0.240. The highest BCUT2D eigenvalue weighted by molar-refractivity contribution is 5.74. The number of nitrogens with one attached hydrogen (secondary N) is 2. The molecule has 160 valence electrons. The maximum Gasteiger partial charge on any atom is 0.221 e. The van der Waals surface area contributed by atoms with Crippen molar-refractivity contribution in [2.24, 2.45) is 5.84 Å². The molecule has 0 aliphatic rings. The summed E-state index contributed by atoms with van der Waals surface area (Å²) in [7, 11) is 1.93. The number of anilines is 1. The van der Waals surface area contributed by atoms with Gasteiger partial charge in [0.1, 0.15) is 12.4 Å². The molecule has 0 aliphatic carbocycles. The fourth-order valence-electron chi connectivity index (χ4n) is 3.33. The first kappa shape index (κ1) is 23.5. The molecular formula is C25H28N4O2. The van der Waals surface area contributed by atoms with E-state index in [-0.39, 0.29) is 0 Å². The van der Waals surface area contributed by atoms with Crippen LogP contribution in [0.25, 0.3) is 11.1 Å². The first-order chi connectivity index (χ1) is 15.0. The van der Waals surface area contributed by atoms with Crippen LogP contribution in [0, 0.1) is 32.1 Å². The lowest BCUT2D eigenvalue weighted by molar-refractivity contribution is -0.109. The highest BCUT2D eigenvalue weighted by Crippen LogP contribution is 2.33. The fourth-order valence-corrected chi connectivity index (χ4v) is 3.33. The van der Waals surface area contributed by atoms with Gasteiger partial charge in [0.25, 0.3) is 0 Å². The number of benzene rings is 3. The Balaban J connectivity index is 0.000000785. The van der Waals surface area contributed by atoms with Gasteiger partial charge >= 0.3 is 0 Å². The van der Waals surface area contributed by atoms with Crippen molar-refractivity contribution in [2.75, 3.05) is 12.4 Å². The number of hydrogen-bond acceptors (Lipinski definition) is 5. The molecule has 3 aromatic carbocycles. The highest BCUT2D eigenvalue weighted by Gasteiger charge is 2.12. The van der Waals surface area contributed by atoms with E-state index >= 15 is 0 Å². The zero-order chi connectivity index (χ0) is 22.8. The van der Waals surface area contributed by atoms with E-state index in [2.05, 4.69) is 55.3 Å². The number of nitrogens with two attached hydrogens (primary N) is 1. The Labute approximate surface area is 183 Å². The highest BCUT2D eigenvalue weighted by atomic mass is 16.5. The lowest BCUT2D eigenvalue weighted by Crippen LogP contribution is -2.18. The minimum atomic E-state index is 0.403. The average Bonchev–Trinajstić information content (AvgIpc) is 2.80. The molecule has 0 spiro atoms. The molecule has 0 radical (unpaired) electrons. The Kier molecular flexibility index (Phi) is 8.62. The van der Waals surface area contributed by atoms with Crippen LogP contribution in [0.15, 0.2) is 54.6 Å². The third kappa shape index (κ3) is 5.84. The molecule has 0 saturated carbocycles. The van der Waals surface area contributed by atoms with Crippen LogP contribution in [0.1, 0.15) is 27.8 Å². The van der Waals surface area contributed by atoms with Gasteiger partial charge in [-0.05, 0) is 72.9 Å². The largest absolute Gasteiger partial charge is 0.489 e. The zero-order valence-corrected chi connectivity index (χ0v) is 18.3. The summed E-state index contributed by atoms with van der Waals surface area (Å²) in [6.45, 7) is 6.71. The van der Waals surface area contributed by atoms with Gasteiger partial charge in [-0.25, -0.2) is 5.84 Å². The van der Waals surface area contributed by atoms with E-state index < -0.39 is 0 Å². The van der Waals surface area contributed by atoms with Crippen LogP contribution in [0.5, 0.6) is 5.75 Å². The van der Waals surface area contributed by atoms with Crippen molar-refractivity contribution in [2.45, 2.75) is 27.4 Å². The number of ether oxygens (including phenoxy) is 1. The molecule has 0 saturated heterocycles. The van der Waals surface area contributed by atoms with Gasteiger partial charge in [0.2, 0.25) is 6.41 Å². The number of hydrogen-bond donors (Lipinski definition) is 3. The lowest BCUT2D eigenvalue weighted by atomic mass is 9.94. The first-order valence-electron chi connectivity index (χ1n) is 9.86. The molecule has 0 aromatic heterocycles. The van der Waals surface area contributed by atoms with E-state index in [4.69, 9.17) is 9.53 Å². The van der Waals surface area contributed by atoms with Crippen LogP contribution in [0.4, 0.5) is 5.69 Å². The van der Waals surface area contributed by atoms with Crippen LogP contribution < -0.4 is 21.3 Å². The predicted molar refractivity (Wildman–Crippen MR) is 125 cm³/mol. The van der Waals surface area contributed by atoms with Gasteiger partial charge in [-0.2, -0.15) is 5.26 Å². The number of rotatable bonds is 6. The summed E-state index contributed by atoms with van der Waals surface area (Å²) in [5, 5.41) is 12.6. The van der Waals surface area contributed by atoms with Crippen molar-refractivity contribution in [3.05, 3.63) is 82.4 Å². The van der Waals surface area contributed by atoms with Gasteiger partial charge in [-0.1, -0.05) is 30.3 Å². The number of hydrazine groups is 1. The summed E-state index contributed by atoms with van der Waals surface area (Å²) >= 11 is 0. The molecule has 6 nitrogen and oxygen atoms in total. The summed E-state index contributed by atoms with van der Waals surface area (Å²) in [5.41, 5.74) is 10.1. The van der Waals surface area contributed by atoms with E-state index in [0.717, 1.165) is 39.3 Å². The summed E-state index contributed by atoms with van der Waals surface area (Å²) in [5.74, 6) is 5.28. The topological polar surface area (TPSA) is 100 Å². The molecule has 3 rings (SSSR count). The van der Waals surface area contributed by atoms with Gasteiger partial charge < -0.3 is 10.1 Å². The Morgan fingerprint density at radius 3 is 2.35 bits per heavy atom. The number of amides is 1. The molecule has 0 fully saturated rings. The molecule has 1 amide bonds. The van der Waals surface area contributed by atoms with Crippen molar-refractivity contribution in [1.29, 1.82) is 5.26 Å². The smallest absolute Gasteiger partial charge is 0.221 e. The van der Waals surface area contributed by atoms with Crippen LogP contribution in [-0.2, 0) is 11.4 Å². The Morgan fingerprint density at radius 1 is 1.00 bits per heavy atom. The standard InChI is InChI=1S/C24H24N2O.CH4N2O/c1-16-8-7-11-23(26-4)22(16)15-27-24-13-17(2)21(12-18(24)3)20-10-6-5-9-19(20)14-25;2-3-1-4/h5-13,26H,15H2,1-4H3;1H,2H2,(H,3,4). The minimum absolute atomic E-state index is 0.403. The average molecular weight is 417 g/mol. The van der Waals surface area contributed by atoms with Gasteiger partial charge in [-0.15, -0.1) is 0 Å². The van der Waals surface area contributed by atoms with E-state index in [9.17, 15) is 5.26 Å². The second-order valence-electron chi connectivity index (χ2n) is 7.01. The second kappa shape index (κ2) is 11.4. The third-order valence-corrected chi connectivity index (χ3v) is 4.98. The third-order valence-electron chi connectivity index (χ3n) is 4.98. The Bertz CT molecular complexity index is 1090. The summed E-state index contributed by atoms with van der Waals surface area (Å²) < 4.78 is 6.17. The van der Waals surface area contributed by atoms with Crippen LogP contribution in [0.3, 0.4) is 0 Å². The Morgan fingerprint density at radius 2 is 1.71 bits per heavy atom. The van der Waals surface area contributed by atoms with E-state index in [1.54, 1.807) is 5.43 Å². The number of nitrogens with zero attached hydrogens (tertiary/aromatic N) is 1. The molecule has 0 bridgehead atoms. The molecular weight excluding hydrogens is 388 g/mol. The molecule has 31 heavy (non-hydrogen) atoms. The second-order valence-corrected chi connectivity index (χ2v) is 7.01. The van der Waals surface area contributed by atoms with Crippen molar-refractivity contribution < 1.29 is 9.53 Å². The number of carbonyl (C=O) groups is 1. The summed E-state index contributed by atoms with van der Waals surface area (Å²) in [6, 6.07) is 20.4. The maximum atomic E-state index is 9.40. The van der Waals surface area contributed by atoms with Gasteiger partial charge in [0, 0.05) is 18.3 Å². The molecule has 0 heterocycles. The minimum Gasteiger partial charge on any atom is -0.489 e. The van der Waals surface area contributed by atoms with E-state index in [1.165, 1.54) is 5.56 Å². The van der Waals surface area contributed by atoms with Crippen LogP contribution >= 0.6 is 0 Å². The predicted octanol–water partition coefficient (Wildman–Crippen LogP) is 4.38. The number of nitriles is 1. The van der Waals surface area contributed by atoms with Crippen molar-refractivity contribution in [1.82, 2.24) is 5.43 Å². The van der Waals surface area contributed by atoms with Gasteiger partial charge in [0.15, 0.2) is 0 Å². The summed E-state index contributed by atoms with van der Waals surface area (Å²) in [4.78, 5) is 8.94. The van der Waals surface area contributed by atoms with Gasteiger partial charge in [-0.3, -0.25) is 10.2 Å². The Hall–Kier alpha value is -3.82. The monoisotopic (exact) mass is 416 g/mol. The van der Waals surface area contributed by atoms with Crippen molar-refractivity contribution >= 4 is 12.1 Å².